The third-order valence-electron chi connectivity index (χ3n) is 3.95. The summed E-state index contributed by atoms with van der Waals surface area (Å²) >= 11 is 0. The van der Waals surface area contributed by atoms with E-state index in [2.05, 4.69) is 39.1 Å². The van der Waals surface area contributed by atoms with E-state index < -0.39 is 5.97 Å². The van der Waals surface area contributed by atoms with Crippen LogP contribution in [0, 0.1) is 5.41 Å². The number of methoxy groups -OCH3 is 1. The molecule has 1 aromatic heterocycles. The number of carbonyl (C=O) groups excluding carboxylic acids is 1. The fraction of sp³-hybridized carbons (Fsp3) is 0.643. The van der Waals surface area contributed by atoms with Crippen molar-refractivity contribution < 1.29 is 9.53 Å². The smallest absolute Gasteiger partial charge is 0.358 e. The van der Waals surface area contributed by atoms with Crippen LogP contribution in [0.25, 0.3) is 0 Å². The SMILES string of the molecule is COC(=O)c1ccc(NCC2(C)CCN(C)CC2)nn1. The lowest BCUT2D eigenvalue weighted by atomic mass is 9.80. The van der Waals surface area contributed by atoms with Gasteiger partial charge in [-0.15, -0.1) is 10.2 Å². The Morgan fingerprint density at radius 1 is 1.40 bits per heavy atom. The topological polar surface area (TPSA) is 67.3 Å². The highest BCUT2D eigenvalue weighted by Crippen LogP contribution is 2.30. The van der Waals surface area contributed by atoms with Crippen LogP contribution in [0.3, 0.4) is 0 Å². The lowest BCUT2D eigenvalue weighted by Crippen LogP contribution is -2.40. The van der Waals surface area contributed by atoms with E-state index >= 15 is 0 Å². The number of hydrogen-bond acceptors (Lipinski definition) is 6. The number of aromatic nitrogens is 2. The van der Waals surface area contributed by atoms with Crippen molar-refractivity contribution in [1.29, 1.82) is 0 Å². The predicted octanol–water partition coefficient (Wildman–Crippen LogP) is 1.41. The Balaban J connectivity index is 1.89. The third-order valence-corrected chi connectivity index (χ3v) is 3.95. The van der Waals surface area contributed by atoms with Crippen LogP contribution < -0.4 is 5.32 Å². The monoisotopic (exact) mass is 278 g/mol. The summed E-state index contributed by atoms with van der Waals surface area (Å²) in [6.07, 6.45) is 2.34. The van der Waals surface area contributed by atoms with E-state index in [4.69, 9.17) is 0 Å². The van der Waals surface area contributed by atoms with Crippen LogP contribution in [0.15, 0.2) is 12.1 Å². The van der Waals surface area contributed by atoms with Crippen LogP contribution in [0.5, 0.6) is 0 Å². The van der Waals surface area contributed by atoms with Gasteiger partial charge in [0.2, 0.25) is 0 Å². The number of piperidine rings is 1. The maximum absolute atomic E-state index is 11.3. The summed E-state index contributed by atoms with van der Waals surface area (Å²) in [6, 6.07) is 3.38. The van der Waals surface area contributed by atoms with Gasteiger partial charge in [0.05, 0.1) is 7.11 Å². The number of ether oxygens (including phenoxy) is 1. The van der Waals surface area contributed by atoms with Gasteiger partial charge < -0.3 is 15.0 Å². The fourth-order valence-electron chi connectivity index (χ4n) is 2.28. The Morgan fingerprint density at radius 3 is 2.65 bits per heavy atom. The normalized spacial score (nSPS) is 18.6. The first-order valence-electron chi connectivity index (χ1n) is 6.87. The zero-order chi connectivity index (χ0) is 14.6. The second-order valence-electron chi connectivity index (χ2n) is 5.76. The quantitative estimate of drug-likeness (QED) is 0.840. The largest absolute Gasteiger partial charge is 0.464 e. The second kappa shape index (κ2) is 6.17. The van der Waals surface area contributed by atoms with Crippen LogP contribution in [0.2, 0.25) is 0 Å². The average molecular weight is 278 g/mol. The Labute approximate surface area is 119 Å². The van der Waals surface area contributed by atoms with Crippen molar-refractivity contribution in [1.82, 2.24) is 15.1 Å². The minimum Gasteiger partial charge on any atom is -0.464 e. The molecule has 0 amide bonds. The van der Waals surface area contributed by atoms with Crippen molar-refractivity contribution in [3.05, 3.63) is 17.8 Å². The minimum atomic E-state index is -0.466. The molecule has 0 unspecified atom stereocenters. The molecule has 6 heteroatoms. The number of anilines is 1. The number of nitrogens with zero attached hydrogens (tertiary/aromatic N) is 3. The van der Waals surface area contributed by atoms with Gasteiger partial charge in [0.15, 0.2) is 5.69 Å². The molecule has 2 rings (SSSR count). The zero-order valence-electron chi connectivity index (χ0n) is 12.3. The average Bonchev–Trinajstić information content (AvgIpc) is 2.48. The van der Waals surface area contributed by atoms with Gasteiger partial charge in [0, 0.05) is 6.54 Å². The highest BCUT2D eigenvalue weighted by atomic mass is 16.5. The molecule has 6 nitrogen and oxygen atoms in total. The van der Waals surface area contributed by atoms with Gasteiger partial charge >= 0.3 is 5.97 Å². The van der Waals surface area contributed by atoms with E-state index in [0.29, 0.717) is 5.82 Å². The van der Waals surface area contributed by atoms with E-state index in [1.165, 1.54) is 20.0 Å². The van der Waals surface area contributed by atoms with Crippen LogP contribution >= 0.6 is 0 Å². The highest BCUT2D eigenvalue weighted by molar-refractivity contribution is 5.86. The molecule has 1 aromatic rings. The molecule has 1 saturated heterocycles. The number of hydrogen-bond donors (Lipinski definition) is 1. The number of esters is 1. The Bertz CT molecular complexity index is 453. The van der Waals surface area contributed by atoms with Crippen LogP contribution in [-0.4, -0.2) is 54.9 Å². The van der Waals surface area contributed by atoms with Crippen molar-refractivity contribution >= 4 is 11.8 Å². The molecule has 2 heterocycles. The molecule has 0 radical (unpaired) electrons. The molecular weight excluding hydrogens is 256 g/mol. The molecule has 0 atom stereocenters. The van der Waals surface area contributed by atoms with Gasteiger partial charge in [-0.3, -0.25) is 0 Å². The fourth-order valence-corrected chi connectivity index (χ4v) is 2.28. The van der Waals surface area contributed by atoms with Crippen molar-refractivity contribution in [2.24, 2.45) is 5.41 Å². The summed E-state index contributed by atoms with van der Waals surface area (Å²) in [6.45, 7) is 5.42. The summed E-state index contributed by atoms with van der Waals surface area (Å²) in [5, 5.41) is 11.2. The van der Waals surface area contributed by atoms with Crippen molar-refractivity contribution in [2.75, 3.05) is 39.1 Å². The first-order valence-corrected chi connectivity index (χ1v) is 6.87. The van der Waals surface area contributed by atoms with Crippen molar-refractivity contribution in [3.63, 3.8) is 0 Å². The highest BCUT2D eigenvalue weighted by Gasteiger charge is 2.28. The lowest BCUT2D eigenvalue weighted by Gasteiger charge is -2.38. The molecule has 1 aliphatic rings. The first-order chi connectivity index (χ1) is 9.52. The van der Waals surface area contributed by atoms with E-state index in [1.807, 2.05) is 0 Å². The van der Waals surface area contributed by atoms with Crippen LogP contribution in [-0.2, 0) is 4.74 Å². The maximum Gasteiger partial charge on any atom is 0.358 e. The Hall–Kier alpha value is -1.69. The maximum atomic E-state index is 11.3. The van der Waals surface area contributed by atoms with Crippen LogP contribution in [0.4, 0.5) is 5.82 Å². The second-order valence-corrected chi connectivity index (χ2v) is 5.76. The predicted molar refractivity (Wildman–Crippen MR) is 76.7 cm³/mol. The third kappa shape index (κ3) is 3.66. The molecule has 0 aliphatic carbocycles. The molecule has 0 spiro atoms. The van der Waals surface area contributed by atoms with Gasteiger partial charge in [-0.2, -0.15) is 0 Å². The number of carbonyl (C=O) groups is 1. The molecular formula is C14H22N4O2. The van der Waals surface area contributed by atoms with Gasteiger partial charge in [-0.1, -0.05) is 6.92 Å². The van der Waals surface area contributed by atoms with Crippen molar-refractivity contribution in [3.8, 4) is 0 Å². The number of rotatable bonds is 4. The standard InChI is InChI=1S/C14H22N4O2/c1-14(6-8-18(2)9-7-14)10-15-12-5-4-11(16-17-12)13(19)20-3/h4-5H,6-10H2,1-3H3,(H,15,17). The molecule has 20 heavy (non-hydrogen) atoms. The number of likely N-dealkylation sites (tertiary alicyclic amines) is 1. The lowest BCUT2D eigenvalue weighted by molar-refractivity contribution is 0.0592. The summed E-state index contributed by atoms with van der Waals surface area (Å²) in [5.74, 6) is 0.226. The van der Waals surface area contributed by atoms with Gasteiger partial charge in [0.1, 0.15) is 5.82 Å². The number of nitrogens with one attached hydrogen (secondary N) is 1. The summed E-state index contributed by atoms with van der Waals surface area (Å²) in [7, 11) is 3.49. The van der Waals surface area contributed by atoms with Crippen LogP contribution in [0.1, 0.15) is 30.3 Å². The van der Waals surface area contributed by atoms with Gasteiger partial charge in [-0.25, -0.2) is 4.79 Å². The Kier molecular flexibility index (Phi) is 4.54. The molecule has 0 aromatic carbocycles. The van der Waals surface area contributed by atoms with E-state index in [1.54, 1.807) is 12.1 Å². The Morgan fingerprint density at radius 2 is 2.10 bits per heavy atom. The van der Waals surface area contributed by atoms with Crippen molar-refractivity contribution in [2.45, 2.75) is 19.8 Å². The van der Waals surface area contributed by atoms with E-state index in [0.717, 1.165) is 19.6 Å². The molecule has 1 N–H and O–H groups in total. The summed E-state index contributed by atoms with van der Waals surface area (Å²) < 4.78 is 4.59. The molecule has 110 valence electrons. The molecule has 1 fully saturated rings. The zero-order valence-corrected chi connectivity index (χ0v) is 12.3. The molecule has 1 aliphatic heterocycles. The summed E-state index contributed by atoms with van der Waals surface area (Å²) in [4.78, 5) is 13.6. The van der Waals surface area contributed by atoms with Gasteiger partial charge in [0.25, 0.3) is 0 Å². The first kappa shape index (κ1) is 14.7. The van der Waals surface area contributed by atoms with Gasteiger partial charge in [-0.05, 0) is 50.5 Å². The minimum absolute atomic E-state index is 0.226. The molecule has 0 saturated carbocycles. The van der Waals surface area contributed by atoms with E-state index in [-0.39, 0.29) is 11.1 Å². The van der Waals surface area contributed by atoms with E-state index in [9.17, 15) is 4.79 Å². The molecule has 0 bridgehead atoms. The summed E-state index contributed by atoms with van der Waals surface area (Å²) in [5.41, 5.74) is 0.512.